The summed E-state index contributed by atoms with van der Waals surface area (Å²) in [6.45, 7) is 1.94. The number of allylic oxidation sites excluding steroid dienone is 1. The molecular weight excluding hydrogens is 186 g/mol. The molecule has 2 nitrogen and oxygen atoms in total. The lowest BCUT2D eigenvalue weighted by Gasteiger charge is -2.08. The number of amides is 1. The zero-order valence-electron chi connectivity index (χ0n) is 8.66. The smallest absolute Gasteiger partial charge is 0.247 e. The zero-order chi connectivity index (χ0) is 10.4. The molecule has 2 unspecified atom stereocenters. The Balaban J connectivity index is 2.08. The molecule has 1 aromatic rings. The SMILES string of the molecule is C/C=C1/C(=O)NC2c3ccccc3CC12. The van der Waals surface area contributed by atoms with Crippen molar-refractivity contribution in [3.8, 4) is 0 Å². The van der Waals surface area contributed by atoms with E-state index in [-0.39, 0.29) is 11.9 Å². The van der Waals surface area contributed by atoms with E-state index in [0.29, 0.717) is 5.92 Å². The van der Waals surface area contributed by atoms with E-state index >= 15 is 0 Å². The van der Waals surface area contributed by atoms with E-state index in [0.717, 1.165) is 12.0 Å². The fourth-order valence-electron chi connectivity index (χ4n) is 2.80. The maximum Gasteiger partial charge on any atom is 0.247 e. The van der Waals surface area contributed by atoms with Gasteiger partial charge in [0.1, 0.15) is 0 Å². The molecule has 1 aromatic carbocycles. The highest BCUT2D eigenvalue weighted by atomic mass is 16.2. The summed E-state index contributed by atoms with van der Waals surface area (Å²) in [5, 5.41) is 3.07. The van der Waals surface area contributed by atoms with Gasteiger partial charge in [-0.1, -0.05) is 30.3 Å². The normalized spacial score (nSPS) is 30.2. The van der Waals surface area contributed by atoms with Crippen molar-refractivity contribution in [2.75, 3.05) is 0 Å². The number of nitrogens with one attached hydrogen (secondary N) is 1. The van der Waals surface area contributed by atoms with Crippen LogP contribution in [0.1, 0.15) is 24.1 Å². The van der Waals surface area contributed by atoms with Gasteiger partial charge in [0.15, 0.2) is 0 Å². The predicted octanol–water partition coefficient (Wildman–Crippen LogP) is 1.98. The number of hydrogen-bond donors (Lipinski definition) is 1. The van der Waals surface area contributed by atoms with Gasteiger partial charge in [0, 0.05) is 11.5 Å². The van der Waals surface area contributed by atoms with Gasteiger partial charge in [-0.15, -0.1) is 0 Å². The highest BCUT2D eigenvalue weighted by Gasteiger charge is 2.42. The van der Waals surface area contributed by atoms with Gasteiger partial charge in [0.25, 0.3) is 0 Å². The molecule has 1 saturated heterocycles. The molecule has 0 bridgehead atoms. The Morgan fingerprint density at radius 1 is 1.40 bits per heavy atom. The summed E-state index contributed by atoms with van der Waals surface area (Å²) in [6, 6.07) is 8.62. The molecule has 0 saturated carbocycles. The Labute approximate surface area is 89.0 Å². The van der Waals surface area contributed by atoms with Crippen LogP contribution in [0.25, 0.3) is 0 Å². The Hall–Kier alpha value is -1.57. The summed E-state index contributed by atoms with van der Waals surface area (Å²) in [5.74, 6) is 0.474. The first-order valence-electron chi connectivity index (χ1n) is 5.36. The van der Waals surface area contributed by atoms with E-state index in [1.165, 1.54) is 11.1 Å². The fraction of sp³-hybridized carbons (Fsp3) is 0.308. The summed E-state index contributed by atoms with van der Waals surface area (Å²) in [7, 11) is 0. The number of fused-ring (bicyclic) bond motifs is 3. The number of carbonyl (C=O) groups excluding carboxylic acids is 1. The topological polar surface area (TPSA) is 29.1 Å². The van der Waals surface area contributed by atoms with E-state index in [2.05, 4.69) is 23.5 Å². The molecule has 0 aromatic heterocycles. The second kappa shape index (κ2) is 2.96. The molecule has 1 fully saturated rings. The molecule has 3 rings (SSSR count). The fourth-order valence-corrected chi connectivity index (χ4v) is 2.80. The third-order valence-corrected chi connectivity index (χ3v) is 3.49. The van der Waals surface area contributed by atoms with Crippen molar-refractivity contribution in [1.82, 2.24) is 5.32 Å². The minimum absolute atomic E-state index is 0.113. The van der Waals surface area contributed by atoms with Crippen molar-refractivity contribution < 1.29 is 4.79 Å². The zero-order valence-corrected chi connectivity index (χ0v) is 8.66. The average molecular weight is 199 g/mol. The summed E-state index contributed by atoms with van der Waals surface area (Å²) in [5.41, 5.74) is 3.63. The molecule has 2 atom stereocenters. The lowest BCUT2D eigenvalue weighted by atomic mass is 9.96. The highest BCUT2D eigenvalue weighted by Crippen LogP contribution is 2.43. The molecule has 1 amide bonds. The van der Waals surface area contributed by atoms with Gasteiger partial charge in [-0.05, 0) is 24.5 Å². The van der Waals surface area contributed by atoms with E-state index in [1.54, 1.807) is 0 Å². The third kappa shape index (κ3) is 1.08. The van der Waals surface area contributed by atoms with Crippen molar-refractivity contribution in [1.29, 1.82) is 0 Å². The summed E-state index contributed by atoms with van der Waals surface area (Å²) < 4.78 is 0. The van der Waals surface area contributed by atoms with E-state index in [1.807, 2.05) is 19.1 Å². The van der Waals surface area contributed by atoms with Crippen molar-refractivity contribution in [2.24, 2.45) is 5.92 Å². The largest absolute Gasteiger partial charge is 0.345 e. The molecule has 76 valence electrons. The summed E-state index contributed by atoms with van der Waals surface area (Å²) >= 11 is 0. The highest BCUT2D eigenvalue weighted by molar-refractivity contribution is 5.97. The van der Waals surface area contributed by atoms with Gasteiger partial charge >= 0.3 is 0 Å². The lowest BCUT2D eigenvalue weighted by molar-refractivity contribution is -0.116. The second-order valence-corrected chi connectivity index (χ2v) is 4.20. The van der Waals surface area contributed by atoms with Crippen LogP contribution in [0, 0.1) is 5.92 Å². The van der Waals surface area contributed by atoms with Crippen LogP contribution in [0.5, 0.6) is 0 Å². The number of hydrogen-bond acceptors (Lipinski definition) is 1. The van der Waals surface area contributed by atoms with Crippen molar-refractivity contribution in [3.05, 3.63) is 47.0 Å². The van der Waals surface area contributed by atoms with E-state index in [4.69, 9.17) is 0 Å². The standard InChI is InChI=1S/C13H13NO/c1-2-9-11-7-8-5-3-4-6-10(8)12(11)14-13(9)15/h2-6,11-12H,7H2,1H3,(H,14,15)/b9-2+. The Bertz CT molecular complexity index is 461. The average Bonchev–Trinajstić information content (AvgIpc) is 2.72. The van der Waals surface area contributed by atoms with Gasteiger partial charge < -0.3 is 5.32 Å². The van der Waals surface area contributed by atoms with E-state index in [9.17, 15) is 4.79 Å². The van der Waals surface area contributed by atoms with Crippen LogP contribution in [0.2, 0.25) is 0 Å². The quantitative estimate of drug-likeness (QED) is 0.636. The van der Waals surface area contributed by atoms with Crippen molar-refractivity contribution in [3.63, 3.8) is 0 Å². The Morgan fingerprint density at radius 3 is 3.00 bits per heavy atom. The molecule has 1 aliphatic heterocycles. The first-order valence-corrected chi connectivity index (χ1v) is 5.36. The molecule has 1 heterocycles. The van der Waals surface area contributed by atoms with E-state index < -0.39 is 0 Å². The molecule has 15 heavy (non-hydrogen) atoms. The van der Waals surface area contributed by atoms with Crippen LogP contribution in [0.15, 0.2) is 35.9 Å². The van der Waals surface area contributed by atoms with Crippen LogP contribution in [-0.4, -0.2) is 5.91 Å². The summed E-state index contributed by atoms with van der Waals surface area (Å²) in [6.07, 6.45) is 2.95. The maximum atomic E-state index is 11.6. The molecule has 1 aliphatic carbocycles. The van der Waals surface area contributed by atoms with Gasteiger partial charge in [-0.25, -0.2) is 0 Å². The van der Waals surface area contributed by atoms with Gasteiger partial charge in [-0.3, -0.25) is 4.79 Å². The summed E-state index contributed by atoms with van der Waals surface area (Å²) in [4.78, 5) is 11.6. The second-order valence-electron chi connectivity index (χ2n) is 4.20. The third-order valence-electron chi connectivity index (χ3n) is 3.49. The molecule has 1 N–H and O–H groups in total. The number of rotatable bonds is 0. The minimum Gasteiger partial charge on any atom is -0.345 e. The first-order chi connectivity index (χ1) is 7.31. The van der Waals surface area contributed by atoms with Crippen molar-refractivity contribution >= 4 is 5.91 Å². The molecular formula is C13H13NO. The van der Waals surface area contributed by atoms with Gasteiger partial charge in [-0.2, -0.15) is 0 Å². The predicted molar refractivity (Wildman–Crippen MR) is 58.3 cm³/mol. The molecule has 0 radical (unpaired) electrons. The monoisotopic (exact) mass is 199 g/mol. The molecule has 0 spiro atoms. The maximum absolute atomic E-state index is 11.6. The van der Waals surface area contributed by atoms with Crippen LogP contribution in [0.3, 0.4) is 0 Å². The van der Waals surface area contributed by atoms with Crippen LogP contribution >= 0.6 is 0 Å². The van der Waals surface area contributed by atoms with Crippen LogP contribution < -0.4 is 5.32 Å². The van der Waals surface area contributed by atoms with Crippen LogP contribution in [-0.2, 0) is 11.2 Å². The molecule has 2 aliphatic rings. The van der Waals surface area contributed by atoms with Crippen molar-refractivity contribution in [2.45, 2.75) is 19.4 Å². The Kier molecular flexibility index (Phi) is 1.72. The Morgan fingerprint density at radius 2 is 2.20 bits per heavy atom. The van der Waals surface area contributed by atoms with Crippen LogP contribution in [0.4, 0.5) is 0 Å². The van der Waals surface area contributed by atoms with Gasteiger partial charge in [0.2, 0.25) is 5.91 Å². The number of benzene rings is 1. The molecule has 2 heteroatoms. The van der Waals surface area contributed by atoms with Gasteiger partial charge in [0.05, 0.1) is 6.04 Å². The first kappa shape index (κ1) is 8.72. The lowest BCUT2D eigenvalue weighted by Crippen LogP contribution is -2.18. The number of carbonyl (C=O) groups is 1. The minimum atomic E-state index is 0.113.